The number of thiophene rings is 1. The van der Waals surface area contributed by atoms with Crippen molar-refractivity contribution >= 4 is 35.0 Å². The molecular formula is C18H19N5O3S2. The highest BCUT2D eigenvalue weighted by Gasteiger charge is 2.20. The van der Waals surface area contributed by atoms with E-state index in [4.69, 9.17) is 4.74 Å². The standard InChI is InChI=1S/C18H19N5O3S2/c1-3-19-17(25)20-15(24)11-28-18-22-21-16(14-9-6-10-27-14)23(18)12-7-4-5-8-13(12)26-2/h4-10H,3,11H2,1-2H3,(H2,19,20,24,25). The van der Waals surface area contributed by atoms with E-state index in [0.717, 1.165) is 10.6 Å². The van der Waals surface area contributed by atoms with E-state index in [1.54, 1.807) is 25.4 Å². The quantitative estimate of drug-likeness (QED) is 0.574. The number of benzene rings is 1. The molecule has 2 aromatic heterocycles. The van der Waals surface area contributed by atoms with Crippen molar-refractivity contribution in [2.24, 2.45) is 0 Å². The van der Waals surface area contributed by atoms with Gasteiger partial charge in [-0.2, -0.15) is 0 Å². The molecule has 0 aliphatic rings. The number of nitrogens with zero attached hydrogens (tertiary/aromatic N) is 3. The summed E-state index contributed by atoms with van der Waals surface area (Å²) in [5.74, 6) is 0.928. The van der Waals surface area contributed by atoms with Crippen LogP contribution in [0, 0.1) is 0 Å². The van der Waals surface area contributed by atoms with Crippen LogP contribution >= 0.6 is 23.1 Å². The van der Waals surface area contributed by atoms with Crippen LogP contribution in [0.4, 0.5) is 4.79 Å². The minimum atomic E-state index is -0.515. The number of amides is 3. The lowest BCUT2D eigenvalue weighted by atomic mass is 10.3. The Bertz CT molecular complexity index is 956. The Morgan fingerprint density at radius 2 is 2.04 bits per heavy atom. The Labute approximate surface area is 170 Å². The van der Waals surface area contributed by atoms with Crippen molar-refractivity contribution < 1.29 is 14.3 Å². The predicted molar refractivity (Wildman–Crippen MR) is 109 cm³/mol. The molecule has 2 heterocycles. The molecule has 3 aromatic rings. The molecule has 0 bridgehead atoms. The summed E-state index contributed by atoms with van der Waals surface area (Å²) in [6.45, 7) is 2.22. The highest BCUT2D eigenvalue weighted by atomic mass is 32.2. The van der Waals surface area contributed by atoms with Gasteiger partial charge in [-0.3, -0.25) is 14.7 Å². The molecule has 8 nitrogen and oxygen atoms in total. The summed E-state index contributed by atoms with van der Waals surface area (Å²) < 4.78 is 7.34. The third kappa shape index (κ3) is 4.52. The van der Waals surface area contributed by atoms with Crippen LogP contribution in [0.1, 0.15) is 6.92 Å². The number of ether oxygens (including phenoxy) is 1. The Balaban J connectivity index is 1.90. The fourth-order valence-corrected chi connectivity index (χ4v) is 3.90. The molecule has 0 spiro atoms. The van der Waals surface area contributed by atoms with E-state index in [1.807, 2.05) is 46.3 Å². The maximum Gasteiger partial charge on any atom is 0.321 e. The molecule has 0 aliphatic carbocycles. The van der Waals surface area contributed by atoms with Gasteiger partial charge in [-0.1, -0.05) is 30.0 Å². The summed E-state index contributed by atoms with van der Waals surface area (Å²) in [6, 6.07) is 10.9. The molecule has 1 aromatic carbocycles. The Morgan fingerprint density at radius 1 is 1.21 bits per heavy atom. The molecule has 0 aliphatic heterocycles. The van der Waals surface area contributed by atoms with E-state index >= 15 is 0 Å². The summed E-state index contributed by atoms with van der Waals surface area (Å²) in [7, 11) is 1.60. The van der Waals surface area contributed by atoms with Gasteiger partial charge in [0.1, 0.15) is 5.75 Å². The molecule has 146 valence electrons. The van der Waals surface area contributed by atoms with Gasteiger partial charge < -0.3 is 10.1 Å². The van der Waals surface area contributed by atoms with E-state index in [-0.39, 0.29) is 5.75 Å². The molecular weight excluding hydrogens is 398 g/mol. The maximum absolute atomic E-state index is 12.0. The number of nitrogens with one attached hydrogen (secondary N) is 2. The molecule has 3 amide bonds. The van der Waals surface area contributed by atoms with E-state index < -0.39 is 11.9 Å². The molecule has 3 rings (SSSR count). The number of imide groups is 1. The third-order valence-corrected chi connectivity index (χ3v) is 5.42. The Kier molecular flexibility index (Phi) is 6.66. The van der Waals surface area contributed by atoms with Crippen molar-refractivity contribution in [3.63, 3.8) is 0 Å². The second-order valence-electron chi connectivity index (χ2n) is 5.49. The van der Waals surface area contributed by atoms with E-state index in [9.17, 15) is 9.59 Å². The number of aromatic nitrogens is 3. The molecule has 28 heavy (non-hydrogen) atoms. The minimum Gasteiger partial charge on any atom is -0.495 e. The van der Waals surface area contributed by atoms with E-state index in [0.29, 0.717) is 23.3 Å². The first-order valence-corrected chi connectivity index (χ1v) is 10.3. The number of urea groups is 1. The average molecular weight is 418 g/mol. The third-order valence-electron chi connectivity index (χ3n) is 3.62. The summed E-state index contributed by atoms with van der Waals surface area (Å²) in [5.41, 5.74) is 0.769. The Morgan fingerprint density at radius 3 is 2.75 bits per heavy atom. The number of hydrogen-bond donors (Lipinski definition) is 2. The molecule has 0 radical (unpaired) electrons. The summed E-state index contributed by atoms with van der Waals surface area (Å²) >= 11 is 2.74. The molecule has 0 unspecified atom stereocenters. The van der Waals surface area contributed by atoms with Crippen LogP contribution in [0.2, 0.25) is 0 Å². The van der Waals surface area contributed by atoms with Crippen LogP contribution < -0.4 is 15.4 Å². The van der Waals surface area contributed by atoms with Crippen molar-refractivity contribution in [3.8, 4) is 22.1 Å². The number of hydrogen-bond acceptors (Lipinski definition) is 7. The molecule has 0 saturated heterocycles. The second kappa shape index (κ2) is 9.38. The van der Waals surface area contributed by atoms with Crippen LogP contribution in [0.3, 0.4) is 0 Å². The summed E-state index contributed by atoms with van der Waals surface area (Å²) in [4.78, 5) is 24.5. The monoisotopic (exact) mass is 417 g/mol. The highest BCUT2D eigenvalue weighted by Crippen LogP contribution is 2.33. The minimum absolute atomic E-state index is 0.0227. The van der Waals surface area contributed by atoms with Gasteiger partial charge in [0, 0.05) is 6.54 Å². The first-order chi connectivity index (χ1) is 13.6. The van der Waals surface area contributed by atoms with Crippen molar-refractivity contribution in [2.45, 2.75) is 12.1 Å². The van der Waals surface area contributed by atoms with Gasteiger partial charge in [-0.25, -0.2) is 4.79 Å². The van der Waals surface area contributed by atoms with Gasteiger partial charge >= 0.3 is 6.03 Å². The number of carbonyl (C=O) groups excluding carboxylic acids is 2. The number of para-hydroxylation sites is 2. The molecule has 0 atom stereocenters. The highest BCUT2D eigenvalue weighted by molar-refractivity contribution is 7.99. The normalized spacial score (nSPS) is 10.5. The van der Waals surface area contributed by atoms with Gasteiger partial charge in [-0.15, -0.1) is 21.5 Å². The van der Waals surface area contributed by atoms with Crippen molar-refractivity contribution in [1.29, 1.82) is 0 Å². The summed E-state index contributed by atoms with van der Waals surface area (Å²) in [6.07, 6.45) is 0. The summed E-state index contributed by atoms with van der Waals surface area (Å²) in [5, 5.41) is 15.9. The molecule has 2 N–H and O–H groups in total. The van der Waals surface area contributed by atoms with E-state index in [1.165, 1.54) is 11.8 Å². The lowest BCUT2D eigenvalue weighted by Crippen LogP contribution is -2.40. The SMILES string of the molecule is CCNC(=O)NC(=O)CSc1nnc(-c2cccs2)n1-c1ccccc1OC. The van der Waals surface area contributed by atoms with Gasteiger partial charge in [0.15, 0.2) is 11.0 Å². The number of methoxy groups -OCH3 is 1. The number of carbonyl (C=O) groups is 2. The lowest BCUT2D eigenvalue weighted by Gasteiger charge is -2.13. The smallest absolute Gasteiger partial charge is 0.321 e. The fraction of sp³-hybridized carbons (Fsp3) is 0.222. The number of rotatable bonds is 7. The van der Waals surface area contributed by atoms with Crippen molar-refractivity contribution in [3.05, 3.63) is 41.8 Å². The van der Waals surface area contributed by atoms with Gasteiger partial charge in [0.25, 0.3) is 0 Å². The maximum atomic E-state index is 12.0. The van der Waals surface area contributed by atoms with Crippen LogP contribution in [-0.4, -0.2) is 46.1 Å². The largest absolute Gasteiger partial charge is 0.495 e. The van der Waals surface area contributed by atoms with Crippen LogP contribution in [-0.2, 0) is 4.79 Å². The van der Waals surface area contributed by atoms with Crippen molar-refractivity contribution in [1.82, 2.24) is 25.4 Å². The Hall–Kier alpha value is -2.85. The zero-order valence-corrected chi connectivity index (χ0v) is 17.0. The topological polar surface area (TPSA) is 98.1 Å². The first kappa shape index (κ1) is 19.9. The zero-order chi connectivity index (χ0) is 19.9. The average Bonchev–Trinajstić information content (AvgIpc) is 3.36. The first-order valence-electron chi connectivity index (χ1n) is 8.47. The van der Waals surface area contributed by atoms with Crippen LogP contribution in [0.15, 0.2) is 46.9 Å². The van der Waals surface area contributed by atoms with E-state index in [2.05, 4.69) is 20.8 Å². The molecule has 10 heteroatoms. The van der Waals surface area contributed by atoms with Gasteiger partial charge in [-0.05, 0) is 30.5 Å². The van der Waals surface area contributed by atoms with Crippen LogP contribution in [0.25, 0.3) is 16.4 Å². The number of thioether (sulfide) groups is 1. The molecule has 0 saturated carbocycles. The molecule has 0 fully saturated rings. The second-order valence-corrected chi connectivity index (χ2v) is 7.38. The predicted octanol–water partition coefficient (Wildman–Crippen LogP) is 2.94. The van der Waals surface area contributed by atoms with Crippen molar-refractivity contribution in [2.75, 3.05) is 19.4 Å². The lowest BCUT2D eigenvalue weighted by molar-refractivity contribution is -0.117. The van der Waals surface area contributed by atoms with Gasteiger partial charge in [0.2, 0.25) is 5.91 Å². The van der Waals surface area contributed by atoms with Gasteiger partial charge in [0.05, 0.1) is 23.4 Å². The van der Waals surface area contributed by atoms with Crippen LogP contribution in [0.5, 0.6) is 5.75 Å². The zero-order valence-electron chi connectivity index (χ0n) is 15.3. The fourth-order valence-electron chi connectivity index (χ4n) is 2.46.